The van der Waals surface area contributed by atoms with Crippen LogP contribution in [0, 0.1) is 0 Å². The first-order valence-electron chi connectivity index (χ1n) is 5.38. The molecule has 0 aliphatic rings. The van der Waals surface area contributed by atoms with Gasteiger partial charge >= 0.3 is 18.0 Å². The third-order valence-corrected chi connectivity index (χ3v) is 8.73. The first-order valence-corrected chi connectivity index (χ1v) is 10.0. The molecule has 9 heteroatoms. The largest absolute Gasteiger partial charge is 0.515 e. The second-order valence-corrected chi connectivity index (χ2v) is 10.0. The summed E-state index contributed by atoms with van der Waals surface area (Å²) in [4.78, 5) is -0.586. The van der Waals surface area contributed by atoms with Gasteiger partial charge in [0.15, 0.2) is 0 Å². The fraction of sp³-hybridized carbons (Fsp3) is 1.00. The summed E-state index contributed by atoms with van der Waals surface area (Å²) < 4.78 is 47.1. The van der Waals surface area contributed by atoms with Crippen LogP contribution in [-0.2, 0) is 22.4 Å². The van der Waals surface area contributed by atoms with Gasteiger partial charge in [-0.05, 0) is 27.7 Å². The molecule has 104 valence electrons. The van der Waals surface area contributed by atoms with E-state index in [9.17, 15) is 8.42 Å². The zero-order valence-electron chi connectivity index (χ0n) is 10.5. The third kappa shape index (κ3) is 6.18. The number of hydrogen-bond acceptors (Lipinski definition) is 6. The van der Waals surface area contributed by atoms with Crippen LogP contribution in [-0.4, -0.2) is 46.5 Å². The molecule has 0 aliphatic heterocycles. The van der Waals surface area contributed by atoms with Crippen molar-refractivity contribution in [3.05, 3.63) is 0 Å². The second-order valence-electron chi connectivity index (χ2n) is 3.07. The maximum absolute atomic E-state index is 10.9. The average Bonchev–Trinajstić information content (AvgIpc) is 2.16. The predicted octanol–water partition coefficient (Wildman–Crippen LogP) is 1.50. The predicted molar refractivity (Wildman–Crippen MR) is 69.2 cm³/mol. The fourth-order valence-electron chi connectivity index (χ4n) is 1.32. The van der Waals surface area contributed by atoms with Gasteiger partial charge in [0, 0.05) is 30.6 Å². The smallest absolute Gasteiger partial charge is 0.373 e. The summed E-state index contributed by atoms with van der Waals surface area (Å²) in [5.41, 5.74) is 0. The SMILES string of the molecule is CCO[Si](OCC)(OCC)C(C)SS(=O)(=O)O. The minimum absolute atomic E-state index is 0.364. The van der Waals surface area contributed by atoms with Gasteiger partial charge in [0.05, 0.1) is 4.87 Å². The molecule has 0 radical (unpaired) electrons. The van der Waals surface area contributed by atoms with E-state index in [1.54, 1.807) is 27.7 Å². The highest BCUT2D eigenvalue weighted by Gasteiger charge is 2.49. The van der Waals surface area contributed by atoms with Gasteiger partial charge in [0.1, 0.15) is 0 Å². The van der Waals surface area contributed by atoms with Crippen LogP contribution >= 0.6 is 10.8 Å². The lowest BCUT2D eigenvalue weighted by atomic mass is 10.9. The van der Waals surface area contributed by atoms with E-state index in [0.29, 0.717) is 30.6 Å². The Bertz CT molecular complexity index is 290. The Hall–Kier alpha value is 0.357. The summed E-state index contributed by atoms with van der Waals surface area (Å²) in [6, 6.07) is 0. The highest BCUT2D eigenvalue weighted by molar-refractivity contribution is 8.70. The summed E-state index contributed by atoms with van der Waals surface area (Å²) in [6.07, 6.45) is 0. The molecule has 1 N–H and O–H groups in total. The van der Waals surface area contributed by atoms with E-state index < -0.39 is 22.8 Å². The highest BCUT2D eigenvalue weighted by Crippen LogP contribution is 2.28. The molecule has 6 nitrogen and oxygen atoms in total. The normalized spacial score (nSPS) is 14.9. The molecule has 1 atom stereocenters. The Labute approximate surface area is 108 Å². The van der Waals surface area contributed by atoms with Crippen molar-refractivity contribution in [1.82, 2.24) is 0 Å². The zero-order valence-corrected chi connectivity index (χ0v) is 13.1. The van der Waals surface area contributed by atoms with Crippen LogP contribution in [0.3, 0.4) is 0 Å². The van der Waals surface area contributed by atoms with Gasteiger partial charge in [-0.25, -0.2) is 0 Å². The van der Waals surface area contributed by atoms with Crippen molar-refractivity contribution in [1.29, 1.82) is 0 Å². The molecular weight excluding hydrogens is 284 g/mol. The quantitative estimate of drug-likeness (QED) is 0.392. The number of rotatable bonds is 9. The first kappa shape index (κ1) is 17.4. The average molecular weight is 304 g/mol. The van der Waals surface area contributed by atoms with Crippen molar-refractivity contribution < 1.29 is 26.2 Å². The molecule has 0 rings (SSSR count). The maximum atomic E-state index is 10.9. The molecule has 1 unspecified atom stereocenters. The van der Waals surface area contributed by atoms with E-state index >= 15 is 0 Å². The second kappa shape index (κ2) is 7.72. The number of hydrogen-bond donors (Lipinski definition) is 1. The van der Waals surface area contributed by atoms with Crippen molar-refractivity contribution in [3.8, 4) is 0 Å². The molecule has 0 fully saturated rings. The molecular formula is C8H20O6S2Si. The fourth-order valence-corrected chi connectivity index (χ4v) is 8.18. The van der Waals surface area contributed by atoms with Crippen molar-refractivity contribution in [2.45, 2.75) is 32.6 Å². The minimum atomic E-state index is -4.15. The summed E-state index contributed by atoms with van der Waals surface area (Å²) in [5, 5.41) is 0. The van der Waals surface area contributed by atoms with Crippen molar-refractivity contribution in [2.24, 2.45) is 0 Å². The standard InChI is InChI=1S/C8H20O6S2Si/c1-5-12-17(13-6-2,14-7-3)8(4)15-16(9,10)11/h8H,5-7H2,1-4H3,(H,9,10,11). The third-order valence-electron chi connectivity index (χ3n) is 1.80. The van der Waals surface area contributed by atoms with Crippen LogP contribution in [0.1, 0.15) is 27.7 Å². The summed E-state index contributed by atoms with van der Waals surface area (Å²) in [7, 11) is -6.84. The molecule has 0 aromatic rings. The van der Waals surface area contributed by atoms with Gasteiger partial charge < -0.3 is 13.3 Å². The van der Waals surface area contributed by atoms with Gasteiger partial charge in [0.2, 0.25) is 0 Å². The molecule has 0 heterocycles. The lowest BCUT2D eigenvalue weighted by Crippen LogP contribution is -2.54. The molecule has 0 spiro atoms. The highest BCUT2D eigenvalue weighted by atomic mass is 33.2. The Kier molecular flexibility index (Phi) is 7.88. The maximum Gasteiger partial charge on any atom is 0.515 e. The van der Waals surface area contributed by atoms with E-state index in [1.807, 2.05) is 0 Å². The van der Waals surface area contributed by atoms with E-state index in [1.165, 1.54) is 0 Å². The summed E-state index contributed by atoms with van der Waals surface area (Å²) in [6.45, 7) is 8.05. The van der Waals surface area contributed by atoms with Crippen molar-refractivity contribution in [3.63, 3.8) is 0 Å². The zero-order chi connectivity index (χ0) is 13.5. The van der Waals surface area contributed by atoms with E-state index in [-0.39, 0.29) is 0 Å². The molecule has 0 saturated carbocycles. The topological polar surface area (TPSA) is 82.1 Å². The summed E-state index contributed by atoms with van der Waals surface area (Å²) in [5.74, 6) is 0. The Morgan fingerprint density at radius 3 is 1.71 bits per heavy atom. The molecule has 0 bridgehead atoms. The molecule has 17 heavy (non-hydrogen) atoms. The molecule has 0 saturated heterocycles. The van der Waals surface area contributed by atoms with E-state index in [4.69, 9.17) is 17.8 Å². The van der Waals surface area contributed by atoms with Crippen LogP contribution in [0.2, 0.25) is 0 Å². The molecule has 0 aromatic carbocycles. The van der Waals surface area contributed by atoms with E-state index in [0.717, 1.165) is 0 Å². The van der Waals surface area contributed by atoms with Crippen LogP contribution in [0.15, 0.2) is 0 Å². The van der Waals surface area contributed by atoms with Gasteiger partial charge in [0.25, 0.3) is 0 Å². The van der Waals surface area contributed by atoms with Gasteiger partial charge in [-0.2, -0.15) is 8.42 Å². The van der Waals surface area contributed by atoms with Gasteiger partial charge in [-0.3, -0.25) is 4.55 Å². The van der Waals surface area contributed by atoms with Gasteiger partial charge in [-0.15, -0.1) is 0 Å². The van der Waals surface area contributed by atoms with Crippen molar-refractivity contribution in [2.75, 3.05) is 19.8 Å². The summed E-state index contributed by atoms with van der Waals surface area (Å²) >= 11 is 0. The molecule has 0 aromatic heterocycles. The molecule has 0 aliphatic carbocycles. The lowest BCUT2D eigenvalue weighted by molar-refractivity contribution is 0.0708. The van der Waals surface area contributed by atoms with Crippen molar-refractivity contribution >= 4 is 28.7 Å². The van der Waals surface area contributed by atoms with E-state index in [2.05, 4.69) is 0 Å². The minimum Gasteiger partial charge on any atom is -0.373 e. The first-order chi connectivity index (χ1) is 7.81. The monoisotopic (exact) mass is 304 g/mol. The van der Waals surface area contributed by atoms with Crippen LogP contribution in [0.5, 0.6) is 0 Å². The van der Waals surface area contributed by atoms with Crippen LogP contribution in [0.25, 0.3) is 0 Å². The Morgan fingerprint density at radius 1 is 1.12 bits per heavy atom. The Morgan fingerprint density at radius 2 is 1.47 bits per heavy atom. The molecule has 0 amide bonds. The van der Waals surface area contributed by atoms with Gasteiger partial charge in [-0.1, -0.05) is 0 Å². The van der Waals surface area contributed by atoms with Crippen LogP contribution in [0.4, 0.5) is 0 Å². The van der Waals surface area contributed by atoms with Crippen LogP contribution < -0.4 is 0 Å². The Balaban J connectivity index is 4.96. The lowest BCUT2D eigenvalue weighted by Gasteiger charge is -2.32.